The minimum atomic E-state index is -0.482. The van der Waals surface area contributed by atoms with Gasteiger partial charge in [-0.25, -0.2) is 9.18 Å². The smallest absolute Gasteiger partial charge is 0.322 e. The molecule has 1 aliphatic heterocycles. The lowest BCUT2D eigenvalue weighted by molar-refractivity contribution is 0.00710. The Bertz CT molecular complexity index is 731. The van der Waals surface area contributed by atoms with E-state index in [1.807, 2.05) is 19.1 Å². The standard InChI is InChI=1S/C17H19FN2O4/c1-11-3-4-16(24-11)15-10-23-6-5-20(15)17(21)19-13-7-12(18)8-14(9-13)22-2/h3-4,7-9,15H,5-6,10H2,1-2H3,(H,19,21). The third-order valence-corrected chi connectivity index (χ3v) is 3.84. The molecule has 1 fully saturated rings. The number of furan rings is 1. The van der Waals surface area contributed by atoms with E-state index in [0.29, 0.717) is 37.0 Å². The van der Waals surface area contributed by atoms with Gasteiger partial charge < -0.3 is 24.1 Å². The van der Waals surface area contributed by atoms with Crippen LogP contribution in [0.3, 0.4) is 0 Å². The summed E-state index contributed by atoms with van der Waals surface area (Å²) in [5.41, 5.74) is 0.331. The Balaban J connectivity index is 1.78. The molecule has 2 aromatic rings. The minimum Gasteiger partial charge on any atom is -0.497 e. The van der Waals surface area contributed by atoms with E-state index < -0.39 is 5.82 Å². The number of benzene rings is 1. The van der Waals surface area contributed by atoms with E-state index in [1.165, 1.54) is 19.2 Å². The first kappa shape index (κ1) is 16.3. The molecule has 1 aliphatic rings. The highest BCUT2D eigenvalue weighted by molar-refractivity contribution is 5.90. The van der Waals surface area contributed by atoms with Crippen molar-refractivity contribution in [2.24, 2.45) is 0 Å². The van der Waals surface area contributed by atoms with Crippen molar-refractivity contribution >= 4 is 11.7 Å². The fourth-order valence-corrected chi connectivity index (χ4v) is 2.66. The number of aryl methyl sites for hydroxylation is 1. The van der Waals surface area contributed by atoms with Crippen LogP contribution in [0.15, 0.2) is 34.7 Å². The van der Waals surface area contributed by atoms with Crippen LogP contribution in [0, 0.1) is 12.7 Å². The zero-order valence-corrected chi connectivity index (χ0v) is 13.5. The first-order chi connectivity index (χ1) is 11.6. The zero-order valence-electron chi connectivity index (χ0n) is 13.5. The van der Waals surface area contributed by atoms with Crippen LogP contribution in [0.4, 0.5) is 14.9 Å². The predicted molar refractivity (Wildman–Crippen MR) is 85.7 cm³/mol. The largest absolute Gasteiger partial charge is 0.497 e. The molecule has 0 saturated carbocycles. The molecule has 1 N–H and O–H groups in total. The SMILES string of the molecule is COc1cc(F)cc(NC(=O)N2CCOCC2c2ccc(C)o2)c1. The maximum atomic E-state index is 13.6. The summed E-state index contributed by atoms with van der Waals surface area (Å²) in [7, 11) is 1.44. The van der Waals surface area contributed by atoms with E-state index in [4.69, 9.17) is 13.9 Å². The van der Waals surface area contributed by atoms with Gasteiger partial charge in [0.2, 0.25) is 0 Å². The summed E-state index contributed by atoms with van der Waals surface area (Å²) < 4.78 is 29.7. The second-order valence-corrected chi connectivity index (χ2v) is 5.54. The number of urea groups is 1. The van der Waals surface area contributed by atoms with Crippen LogP contribution in [0.25, 0.3) is 0 Å². The van der Waals surface area contributed by atoms with Crippen LogP contribution in [0.2, 0.25) is 0 Å². The molecule has 3 rings (SSSR count). The molecule has 0 radical (unpaired) electrons. The molecule has 128 valence electrons. The first-order valence-corrected chi connectivity index (χ1v) is 7.63. The summed E-state index contributed by atoms with van der Waals surface area (Å²) in [6, 6.07) is 7.07. The summed E-state index contributed by atoms with van der Waals surface area (Å²) in [4.78, 5) is 14.2. The number of methoxy groups -OCH3 is 1. The number of halogens is 1. The van der Waals surface area contributed by atoms with E-state index in [9.17, 15) is 9.18 Å². The number of nitrogens with one attached hydrogen (secondary N) is 1. The second-order valence-electron chi connectivity index (χ2n) is 5.54. The van der Waals surface area contributed by atoms with Gasteiger partial charge in [0.1, 0.15) is 29.1 Å². The van der Waals surface area contributed by atoms with E-state index >= 15 is 0 Å². The van der Waals surface area contributed by atoms with Gasteiger partial charge in [-0.15, -0.1) is 0 Å². The molecular weight excluding hydrogens is 315 g/mol. The van der Waals surface area contributed by atoms with Gasteiger partial charge in [-0.1, -0.05) is 0 Å². The Hall–Kier alpha value is -2.54. The molecule has 1 aromatic carbocycles. The molecule has 1 atom stereocenters. The molecule has 1 saturated heterocycles. The number of amides is 2. The summed E-state index contributed by atoms with van der Waals surface area (Å²) in [5.74, 6) is 1.29. The average Bonchev–Trinajstić information content (AvgIpc) is 3.00. The predicted octanol–water partition coefficient (Wildman–Crippen LogP) is 3.34. The number of nitrogens with zero attached hydrogens (tertiary/aromatic N) is 1. The number of rotatable bonds is 3. The Morgan fingerprint density at radius 2 is 2.21 bits per heavy atom. The van der Waals surface area contributed by atoms with Crippen molar-refractivity contribution < 1.29 is 23.1 Å². The van der Waals surface area contributed by atoms with Crippen LogP contribution < -0.4 is 10.1 Å². The quantitative estimate of drug-likeness (QED) is 0.935. The monoisotopic (exact) mass is 334 g/mol. The highest BCUT2D eigenvalue weighted by Gasteiger charge is 2.31. The van der Waals surface area contributed by atoms with Gasteiger partial charge in [-0.3, -0.25) is 0 Å². The van der Waals surface area contributed by atoms with Crippen molar-refractivity contribution in [3.63, 3.8) is 0 Å². The van der Waals surface area contributed by atoms with Crippen LogP contribution in [-0.4, -0.2) is 37.8 Å². The first-order valence-electron chi connectivity index (χ1n) is 7.63. The Morgan fingerprint density at radius 1 is 1.38 bits per heavy atom. The number of hydrogen-bond acceptors (Lipinski definition) is 4. The lowest BCUT2D eigenvalue weighted by Crippen LogP contribution is -2.45. The van der Waals surface area contributed by atoms with Crippen LogP contribution in [-0.2, 0) is 4.74 Å². The van der Waals surface area contributed by atoms with Gasteiger partial charge in [-0.05, 0) is 25.1 Å². The lowest BCUT2D eigenvalue weighted by Gasteiger charge is -2.34. The molecule has 7 heteroatoms. The molecule has 2 amide bonds. The fourth-order valence-electron chi connectivity index (χ4n) is 2.66. The molecule has 0 spiro atoms. The lowest BCUT2D eigenvalue weighted by atomic mass is 10.2. The third-order valence-electron chi connectivity index (χ3n) is 3.84. The average molecular weight is 334 g/mol. The van der Waals surface area contributed by atoms with E-state index in [1.54, 1.807) is 11.0 Å². The maximum absolute atomic E-state index is 13.6. The van der Waals surface area contributed by atoms with E-state index in [-0.39, 0.29) is 12.1 Å². The number of ether oxygens (including phenoxy) is 2. The second kappa shape index (κ2) is 6.92. The summed E-state index contributed by atoms with van der Waals surface area (Å²) >= 11 is 0. The molecule has 6 nitrogen and oxygen atoms in total. The number of hydrogen-bond donors (Lipinski definition) is 1. The van der Waals surface area contributed by atoms with Gasteiger partial charge in [0, 0.05) is 24.4 Å². The summed E-state index contributed by atoms with van der Waals surface area (Å²) in [5, 5.41) is 2.70. The third kappa shape index (κ3) is 3.51. The number of carbonyl (C=O) groups excluding carboxylic acids is 1. The molecule has 1 aromatic heterocycles. The van der Waals surface area contributed by atoms with Gasteiger partial charge in [0.05, 0.1) is 20.3 Å². The number of carbonyl (C=O) groups is 1. The molecule has 0 bridgehead atoms. The van der Waals surface area contributed by atoms with Crippen LogP contribution in [0.1, 0.15) is 17.6 Å². The van der Waals surface area contributed by atoms with Gasteiger partial charge in [0.25, 0.3) is 0 Å². The van der Waals surface area contributed by atoms with Crippen molar-refractivity contribution in [1.29, 1.82) is 0 Å². The number of anilines is 1. The Kier molecular flexibility index (Phi) is 4.71. The van der Waals surface area contributed by atoms with Crippen molar-refractivity contribution in [3.8, 4) is 5.75 Å². The maximum Gasteiger partial charge on any atom is 0.322 e. The molecule has 2 heterocycles. The zero-order chi connectivity index (χ0) is 17.1. The van der Waals surface area contributed by atoms with Gasteiger partial charge in [0.15, 0.2) is 0 Å². The molecule has 1 unspecified atom stereocenters. The van der Waals surface area contributed by atoms with Crippen molar-refractivity contribution in [1.82, 2.24) is 4.90 Å². The van der Waals surface area contributed by atoms with Gasteiger partial charge in [-0.2, -0.15) is 0 Å². The Labute approximate surface area is 139 Å². The topological polar surface area (TPSA) is 63.9 Å². The van der Waals surface area contributed by atoms with Crippen molar-refractivity contribution in [2.75, 3.05) is 32.2 Å². The van der Waals surface area contributed by atoms with Gasteiger partial charge >= 0.3 is 6.03 Å². The minimum absolute atomic E-state index is 0.317. The van der Waals surface area contributed by atoms with E-state index in [2.05, 4.69) is 5.32 Å². The summed E-state index contributed by atoms with van der Waals surface area (Å²) in [6.45, 7) is 3.06. The highest BCUT2D eigenvalue weighted by atomic mass is 19.1. The molecule has 24 heavy (non-hydrogen) atoms. The summed E-state index contributed by atoms with van der Waals surface area (Å²) in [6.07, 6.45) is 0. The molecular formula is C17H19FN2O4. The molecule has 0 aliphatic carbocycles. The van der Waals surface area contributed by atoms with Crippen LogP contribution in [0.5, 0.6) is 5.75 Å². The van der Waals surface area contributed by atoms with Crippen LogP contribution >= 0.6 is 0 Å². The number of morpholine rings is 1. The fraction of sp³-hybridized carbons (Fsp3) is 0.353. The normalized spacial score (nSPS) is 17.6. The van der Waals surface area contributed by atoms with Crippen molar-refractivity contribution in [2.45, 2.75) is 13.0 Å². The highest BCUT2D eigenvalue weighted by Crippen LogP contribution is 2.27. The van der Waals surface area contributed by atoms with Crippen molar-refractivity contribution in [3.05, 3.63) is 47.7 Å². The van der Waals surface area contributed by atoms with E-state index in [0.717, 1.165) is 5.76 Å². The Morgan fingerprint density at radius 3 is 2.92 bits per heavy atom.